The molecular weight excluding hydrogens is 375 g/mol. The molecule has 2 aromatic heterocycles. The first-order valence-corrected chi connectivity index (χ1v) is 8.85. The summed E-state index contributed by atoms with van der Waals surface area (Å²) in [6.07, 6.45) is -1.75. The standard InChI is InChI=1S/C19H16F3N3OS/c20-19(21,22)14-3-1-2-12(8-14)17-5-4-15(26-17)11-25-7-6-16-13(10-25)9-23-18(27)24-16/h1-5,8-9H,6-7,10-11H2,(H,23,24,27). The molecule has 0 bridgehead atoms. The van der Waals surface area contributed by atoms with Crippen LogP contribution in [0.3, 0.4) is 0 Å². The van der Waals surface area contributed by atoms with Crippen molar-refractivity contribution in [3.8, 4) is 11.3 Å². The average Bonchev–Trinajstić information content (AvgIpc) is 3.10. The van der Waals surface area contributed by atoms with Gasteiger partial charge in [-0.1, -0.05) is 12.1 Å². The predicted molar refractivity (Wildman–Crippen MR) is 96.4 cm³/mol. The molecule has 0 unspecified atom stereocenters. The summed E-state index contributed by atoms with van der Waals surface area (Å²) in [5.74, 6) is 1.14. The van der Waals surface area contributed by atoms with E-state index in [1.165, 1.54) is 6.07 Å². The van der Waals surface area contributed by atoms with Crippen molar-refractivity contribution >= 4 is 12.2 Å². The molecule has 3 aromatic rings. The first-order valence-electron chi connectivity index (χ1n) is 8.44. The zero-order valence-corrected chi connectivity index (χ0v) is 15.0. The van der Waals surface area contributed by atoms with E-state index in [-0.39, 0.29) is 0 Å². The number of H-pyrrole nitrogens is 1. The summed E-state index contributed by atoms with van der Waals surface area (Å²) in [5, 5.41) is 0. The van der Waals surface area contributed by atoms with Gasteiger partial charge in [0, 0.05) is 42.5 Å². The molecular formula is C19H16F3N3OS. The molecule has 0 saturated heterocycles. The monoisotopic (exact) mass is 391 g/mol. The van der Waals surface area contributed by atoms with Gasteiger partial charge in [0.2, 0.25) is 0 Å². The van der Waals surface area contributed by atoms with E-state index < -0.39 is 11.7 Å². The maximum Gasteiger partial charge on any atom is 0.416 e. The summed E-state index contributed by atoms with van der Waals surface area (Å²) in [5.41, 5.74) is 1.93. The molecule has 1 aliphatic heterocycles. The molecule has 0 aliphatic carbocycles. The molecule has 0 radical (unpaired) electrons. The van der Waals surface area contributed by atoms with Crippen molar-refractivity contribution in [2.45, 2.75) is 25.7 Å². The van der Waals surface area contributed by atoms with E-state index in [1.807, 2.05) is 6.07 Å². The number of fused-ring (bicyclic) bond motifs is 1. The Morgan fingerprint density at radius 2 is 2.07 bits per heavy atom. The minimum absolute atomic E-state index is 0.414. The Morgan fingerprint density at radius 3 is 2.89 bits per heavy atom. The Bertz CT molecular complexity index is 1030. The zero-order valence-electron chi connectivity index (χ0n) is 14.2. The van der Waals surface area contributed by atoms with Crippen LogP contribution in [-0.4, -0.2) is 21.4 Å². The zero-order chi connectivity index (χ0) is 19.0. The quantitative estimate of drug-likeness (QED) is 0.640. The number of rotatable bonds is 3. The van der Waals surface area contributed by atoms with Crippen LogP contribution in [0.5, 0.6) is 0 Å². The fourth-order valence-corrected chi connectivity index (χ4v) is 3.40. The summed E-state index contributed by atoms with van der Waals surface area (Å²) >= 11 is 5.05. The summed E-state index contributed by atoms with van der Waals surface area (Å²) in [6.45, 7) is 2.13. The molecule has 0 saturated carbocycles. The number of nitrogens with one attached hydrogen (secondary N) is 1. The molecule has 0 amide bonds. The number of hydrogen-bond acceptors (Lipinski definition) is 4. The van der Waals surface area contributed by atoms with Crippen LogP contribution in [0.1, 0.15) is 22.6 Å². The Morgan fingerprint density at radius 1 is 1.22 bits per heavy atom. The highest BCUT2D eigenvalue weighted by atomic mass is 32.1. The first kappa shape index (κ1) is 17.9. The van der Waals surface area contributed by atoms with Crippen LogP contribution in [0.2, 0.25) is 0 Å². The maximum absolute atomic E-state index is 12.9. The molecule has 3 heterocycles. The highest BCUT2D eigenvalue weighted by Gasteiger charge is 2.30. The molecule has 4 rings (SSSR count). The van der Waals surface area contributed by atoms with Crippen molar-refractivity contribution in [1.29, 1.82) is 0 Å². The normalized spacial score (nSPS) is 14.9. The third-order valence-electron chi connectivity index (χ3n) is 4.57. The van der Waals surface area contributed by atoms with Crippen LogP contribution in [0.15, 0.2) is 47.0 Å². The number of furan rings is 1. The van der Waals surface area contributed by atoms with Crippen LogP contribution < -0.4 is 0 Å². The van der Waals surface area contributed by atoms with E-state index in [1.54, 1.807) is 18.3 Å². The highest BCUT2D eigenvalue weighted by molar-refractivity contribution is 7.71. The number of aromatic nitrogens is 2. The van der Waals surface area contributed by atoms with Crippen LogP contribution in [0.4, 0.5) is 13.2 Å². The van der Waals surface area contributed by atoms with Gasteiger partial charge in [-0.15, -0.1) is 0 Å². The van der Waals surface area contributed by atoms with Crippen LogP contribution in [0.25, 0.3) is 11.3 Å². The fourth-order valence-electron chi connectivity index (χ4n) is 3.23. The Labute approximate surface area is 158 Å². The van der Waals surface area contributed by atoms with Gasteiger partial charge in [0.15, 0.2) is 4.77 Å². The van der Waals surface area contributed by atoms with Crippen LogP contribution in [0, 0.1) is 4.77 Å². The van der Waals surface area contributed by atoms with Crippen LogP contribution >= 0.6 is 12.2 Å². The van der Waals surface area contributed by atoms with E-state index in [0.717, 1.165) is 36.4 Å². The molecule has 4 nitrogen and oxygen atoms in total. The smallest absolute Gasteiger partial charge is 0.416 e. The fraction of sp³-hybridized carbons (Fsp3) is 0.263. The molecule has 1 N–H and O–H groups in total. The molecule has 27 heavy (non-hydrogen) atoms. The van der Waals surface area contributed by atoms with Crippen molar-refractivity contribution < 1.29 is 17.6 Å². The largest absolute Gasteiger partial charge is 0.460 e. The van der Waals surface area contributed by atoms with Gasteiger partial charge in [-0.05, 0) is 36.5 Å². The number of alkyl halides is 3. The highest BCUT2D eigenvalue weighted by Crippen LogP contribution is 2.33. The van der Waals surface area contributed by atoms with E-state index in [9.17, 15) is 13.2 Å². The number of nitrogens with zero attached hydrogens (tertiary/aromatic N) is 2. The number of hydrogen-bond donors (Lipinski definition) is 1. The first-order chi connectivity index (χ1) is 12.9. The van der Waals surface area contributed by atoms with Gasteiger partial charge in [0.05, 0.1) is 12.1 Å². The van der Waals surface area contributed by atoms with Crippen molar-refractivity contribution in [3.63, 3.8) is 0 Å². The topological polar surface area (TPSA) is 45.1 Å². The lowest BCUT2D eigenvalue weighted by Crippen LogP contribution is -2.30. The van der Waals surface area contributed by atoms with Crippen molar-refractivity contribution in [2.24, 2.45) is 0 Å². The van der Waals surface area contributed by atoms with Gasteiger partial charge < -0.3 is 9.40 Å². The van der Waals surface area contributed by atoms with Gasteiger partial charge >= 0.3 is 6.18 Å². The Balaban J connectivity index is 1.49. The van der Waals surface area contributed by atoms with Crippen molar-refractivity contribution in [2.75, 3.05) is 6.54 Å². The minimum Gasteiger partial charge on any atom is -0.460 e. The lowest BCUT2D eigenvalue weighted by molar-refractivity contribution is -0.137. The second kappa shape index (κ2) is 6.94. The second-order valence-corrected chi connectivity index (χ2v) is 6.88. The SMILES string of the molecule is FC(F)(F)c1cccc(-c2ccc(CN3CCc4[nH]c(=S)ncc4C3)o2)c1. The van der Waals surface area contributed by atoms with Gasteiger partial charge in [-0.25, -0.2) is 4.98 Å². The van der Waals surface area contributed by atoms with Crippen molar-refractivity contribution in [1.82, 2.24) is 14.9 Å². The molecule has 0 atom stereocenters. The van der Waals surface area contributed by atoms with E-state index in [4.69, 9.17) is 16.6 Å². The Kier molecular flexibility index (Phi) is 4.61. The maximum atomic E-state index is 12.9. The van der Waals surface area contributed by atoms with Crippen molar-refractivity contribution in [3.05, 3.63) is 69.9 Å². The minimum atomic E-state index is -4.37. The van der Waals surface area contributed by atoms with Crippen LogP contribution in [-0.2, 0) is 25.7 Å². The molecule has 8 heteroatoms. The van der Waals surface area contributed by atoms with E-state index in [0.29, 0.717) is 34.9 Å². The predicted octanol–water partition coefficient (Wildman–Crippen LogP) is 4.98. The molecule has 1 aromatic carbocycles. The number of aromatic amines is 1. The molecule has 0 fully saturated rings. The van der Waals surface area contributed by atoms with Gasteiger partial charge in [-0.2, -0.15) is 13.2 Å². The number of benzene rings is 1. The van der Waals surface area contributed by atoms with E-state index in [2.05, 4.69) is 14.9 Å². The summed E-state index contributed by atoms with van der Waals surface area (Å²) in [7, 11) is 0. The second-order valence-electron chi connectivity index (χ2n) is 6.50. The third-order valence-corrected chi connectivity index (χ3v) is 4.78. The number of halogens is 3. The molecule has 0 spiro atoms. The molecule has 140 valence electrons. The Hall–Kier alpha value is -2.45. The lowest BCUT2D eigenvalue weighted by Gasteiger charge is -2.27. The molecule has 1 aliphatic rings. The lowest BCUT2D eigenvalue weighted by atomic mass is 10.1. The van der Waals surface area contributed by atoms with Gasteiger partial charge in [0.25, 0.3) is 0 Å². The third kappa shape index (κ3) is 3.96. The van der Waals surface area contributed by atoms with E-state index >= 15 is 0 Å². The van der Waals surface area contributed by atoms with Gasteiger partial charge in [-0.3, -0.25) is 4.90 Å². The summed E-state index contributed by atoms with van der Waals surface area (Å²) in [6, 6.07) is 8.68. The summed E-state index contributed by atoms with van der Waals surface area (Å²) in [4.78, 5) is 9.44. The average molecular weight is 391 g/mol. The summed E-state index contributed by atoms with van der Waals surface area (Å²) < 4.78 is 45.0. The van der Waals surface area contributed by atoms with Gasteiger partial charge in [0.1, 0.15) is 11.5 Å².